The Bertz CT molecular complexity index is 998. The summed E-state index contributed by atoms with van der Waals surface area (Å²) in [6.45, 7) is 2.21. The van der Waals surface area contributed by atoms with E-state index in [1.165, 1.54) is 0 Å². The number of furan rings is 1. The average Bonchev–Trinajstić information content (AvgIpc) is 3.16. The molecular weight excluding hydrogens is 322 g/mol. The molecule has 0 fully saturated rings. The van der Waals surface area contributed by atoms with Crippen LogP contribution in [0.4, 0.5) is 0 Å². The van der Waals surface area contributed by atoms with Gasteiger partial charge in [-0.2, -0.15) is 0 Å². The van der Waals surface area contributed by atoms with Gasteiger partial charge in [0.1, 0.15) is 17.2 Å². The fourth-order valence-electron chi connectivity index (χ4n) is 2.66. The summed E-state index contributed by atoms with van der Waals surface area (Å²) in [4.78, 5) is 16.6. The number of hydrogen-bond acceptors (Lipinski definition) is 5. The van der Waals surface area contributed by atoms with E-state index in [0.29, 0.717) is 0 Å². The smallest absolute Gasteiger partial charge is 0.310 e. The molecule has 0 bridgehead atoms. The Kier molecular flexibility index (Phi) is 3.78. The van der Waals surface area contributed by atoms with Crippen LogP contribution < -0.4 is 0 Å². The molecule has 5 heteroatoms. The zero-order chi connectivity index (χ0) is 16.5. The summed E-state index contributed by atoms with van der Waals surface area (Å²) in [5.74, 6) is -0.280. The summed E-state index contributed by atoms with van der Waals surface area (Å²) < 4.78 is 12.0. The maximum atomic E-state index is 12.1. The first-order valence-corrected chi connectivity index (χ1v) is 8.47. The highest BCUT2D eigenvalue weighted by Gasteiger charge is 2.13. The van der Waals surface area contributed by atoms with Crippen LogP contribution in [0.3, 0.4) is 0 Å². The third kappa shape index (κ3) is 2.90. The largest absolute Gasteiger partial charge is 0.464 e. The average molecular weight is 337 g/mol. The molecule has 0 amide bonds. The molecule has 24 heavy (non-hydrogen) atoms. The van der Waals surface area contributed by atoms with Gasteiger partial charge < -0.3 is 9.15 Å². The van der Waals surface area contributed by atoms with Crippen molar-refractivity contribution in [1.29, 1.82) is 0 Å². The number of benzene rings is 2. The second kappa shape index (κ2) is 6.09. The molecule has 0 saturated carbocycles. The Labute approximate surface area is 142 Å². The number of ether oxygens (including phenoxy) is 1. The number of thiazole rings is 1. The highest BCUT2D eigenvalue weighted by atomic mass is 32.1. The van der Waals surface area contributed by atoms with Crippen LogP contribution in [-0.4, -0.2) is 11.0 Å². The molecule has 120 valence electrons. The minimum absolute atomic E-state index is 0.195. The second-order valence-electron chi connectivity index (χ2n) is 5.67. The van der Waals surface area contributed by atoms with E-state index in [9.17, 15) is 4.79 Å². The second-order valence-corrected chi connectivity index (χ2v) is 6.79. The SMILES string of the molecule is Cc1ccc2c(CC(=O)OCc3nc4ccccc4s3)coc2c1. The van der Waals surface area contributed by atoms with Crippen molar-refractivity contribution >= 4 is 38.5 Å². The Morgan fingerprint density at radius 2 is 2.12 bits per heavy atom. The normalized spacial score (nSPS) is 11.2. The number of nitrogens with zero attached hydrogens (tertiary/aromatic N) is 1. The molecule has 0 radical (unpaired) electrons. The molecule has 0 N–H and O–H groups in total. The molecule has 0 aliphatic carbocycles. The van der Waals surface area contributed by atoms with Crippen LogP contribution in [0.25, 0.3) is 21.2 Å². The molecule has 2 aromatic heterocycles. The monoisotopic (exact) mass is 337 g/mol. The number of rotatable bonds is 4. The van der Waals surface area contributed by atoms with Crippen molar-refractivity contribution in [2.75, 3.05) is 0 Å². The van der Waals surface area contributed by atoms with Crippen molar-refractivity contribution < 1.29 is 13.9 Å². The zero-order valence-corrected chi connectivity index (χ0v) is 13.9. The van der Waals surface area contributed by atoms with Crippen LogP contribution in [0.1, 0.15) is 16.1 Å². The lowest BCUT2D eigenvalue weighted by Gasteiger charge is -2.01. The maximum absolute atomic E-state index is 12.1. The van der Waals surface area contributed by atoms with E-state index in [1.54, 1.807) is 17.6 Å². The number of hydrogen-bond donors (Lipinski definition) is 0. The van der Waals surface area contributed by atoms with Crippen molar-refractivity contribution in [1.82, 2.24) is 4.98 Å². The van der Waals surface area contributed by atoms with Gasteiger partial charge in [0.2, 0.25) is 0 Å². The molecule has 2 heterocycles. The number of fused-ring (bicyclic) bond motifs is 2. The maximum Gasteiger partial charge on any atom is 0.310 e. The van der Waals surface area contributed by atoms with Gasteiger partial charge in [-0.05, 0) is 30.7 Å². The Morgan fingerprint density at radius 1 is 1.25 bits per heavy atom. The molecule has 0 spiro atoms. The van der Waals surface area contributed by atoms with Crippen LogP contribution in [0.2, 0.25) is 0 Å². The van der Waals surface area contributed by atoms with Crippen LogP contribution in [0, 0.1) is 6.92 Å². The fraction of sp³-hybridized carbons (Fsp3) is 0.158. The van der Waals surface area contributed by atoms with E-state index >= 15 is 0 Å². The Balaban J connectivity index is 1.44. The zero-order valence-electron chi connectivity index (χ0n) is 13.1. The number of aryl methyl sites for hydroxylation is 1. The number of carbonyl (C=O) groups is 1. The molecule has 0 aliphatic rings. The molecule has 0 atom stereocenters. The number of carbonyl (C=O) groups excluding carboxylic acids is 1. The summed E-state index contributed by atoms with van der Waals surface area (Å²) in [7, 11) is 0. The summed E-state index contributed by atoms with van der Waals surface area (Å²) in [6.07, 6.45) is 1.82. The summed E-state index contributed by atoms with van der Waals surface area (Å²) in [6, 6.07) is 13.8. The van der Waals surface area contributed by atoms with Crippen LogP contribution in [0.15, 0.2) is 53.1 Å². The van der Waals surface area contributed by atoms with Crippen LogP contribution in [0.5, 0.6) is 0 Å². The third-order valence-electron chi connectivity index (χ3n) is 3.84. The van der Waals surface area contributed by atoms with Gasteiger partial charge in [0.15, 0.2) is 0 Å². The number of para-hydroxylation sites is 1. The van der Waals surface area contributed by atoms with Crippen molar-refractivity contribution in [3.05, 3.63) is 64.9 Å². The van der Waals surface area contributed by atoms with Crippen molar-refractivity contribution in [2.24, 2.45) is 0 Å². The fourth-order valence-corrected chi connectivity index (χ4v) is 3.54. The van der Waals surface area contributed by atoms with E-state index in [4.69, 9.17) is 9.15 Å². The standard InChI is InChI=1S/C19H15NO3S/c1-12-6-7-14-13(10-22-16(14)8-12)9-19(21)23-11-18-20-15-4-2-3-5-17(15)24-18/h2-8,10H,9,11H2,1H3. The predicted molar refractivity (Wildman–Crippen MR) is 94.1 cm³/mol. The van der Waals surface area contributed by atoms with Gasteiger partial charge in [-0.15, -0.1) is 11.3 Å². The van der Waals surface area contributed by atoms with Crippen molar-refractivity contribution in [3.63, 3.8) is 0 Å². The minimum atomic E-state index is -0.280. The molecular formula is C19H15NO3S. The van der Waals surface area contributed by atoms with Gasteiger partial charge in [0.25, 0.3) is 0 Å². The van der Waals surface area contributed by atoms with Crippen LogP contribution >= 0.6 is 11.3 Å². The van der Waals surface area contributed by atoms with Gasteiger partial charge in [-0.1, -0.05) is 24.3 Å². The number of esters is 1. The van der Waals surface area contributed by atoms with Crippen molar-refractivity contribution in [2.45, 2.75) is 20.0 Å². The molecule has 0 saturated heterocycles. The quantitative estimate of drug-likeness (QED) is 0.509. The molecule has 0 unspecified atom stereocenters. The number of aromatic nitrogens is 1. The van der Waals surface area contributed by atoms with E-state index in [-0.39, 0.29) is 19.0 Å². The predicted octanol–water partition coefficient (Wildman–Crippen LogP) is 4.64. The summed E-state index contributed by atoms with van der Waals surface area (Å²) >= 11 is 1.54. The summed E-state index contributed by atoms with van der Waals surface area (Å²) in [5, 5.41) is 1.76. The van der Waals surface area contributed by atoms with E-state index in [2.05, 4.69) is 4.98 Å². The lowest BCUT2D eigenvalue weighted by molar-refractivity contribution is -0.144. The molecule has 0 aliphatic heterocycles. The van der Waals surface area contributed by atoms with Gasteiger partial charge in [-0.25, -0.2) is 4.98 Å². The highest BCUT2D eigenvalue weighted by molar-refractivity contribution is 7.18. The van der Waals surface area contributed by atoms with E-state index < -0.39 is 0 Å². The molecule has 4 nitrogen and oxygen atoms in total. The first-order valence-electron chi connectivity index (χ1n) is 7.66. The van der Waals surface area contributed by atoms with Gasteiger partial charge in [0, 0.05) is 10.9 Å². The molecule has 2 aromatic carbocycles. The third-order valence-corrected chi connectivity index (χ3v) is 4.85. The van der Waals surface area contributed by atoms with E-state index in [1.807, 2.05) is 49.4 Å². The first-order chi connectivity index (χ1) is 11.7. The first kappa shape index (κ1) is 14.9. The minimum Gasteiger partial charge on any atom is -0.464 e. The molecule has 4 rings (SSSR count). The van der Waals surface area contributed by atoms with Crippen LogP contribution in [-0.2, 0) is 22.6 Å². The van der Waals surface area contributed by atoms with Gasteiger partial charge >= 0.3 is 5.97 Å². The van der Waals surface area contributed by atoms with Crippen molar-refractivity contribution in [3.8, 4) is 0 Å². The molecule has 4 aromatic rings. The summed E-state index contributed by atoms with van der Waals surface area (Å²) in [5.41, 5.74) is 3.70. The lowest BCUT2D eigenvalue weighted by atomic mass is 10.1. The Morgan fingerprint density at radius 3 is 3.00 bits per heavy atom. The highest BCUT2D eigenvalue weighted by Crippen LogP contribution is 2.24. The lowest BCUT2D eigenvalue weighted by Crippen LogP contribution is -2.07. The topological polar surface area (TPSA) is 52.3 Å². The Hall–Kier alpha value is -2.66. The van der Waals surface area contributed by atoms with E-state index in [0.717, 1.165) is 37.3 Å². The van der Waals surface area contributed by atoms with Gasteiger partial charge in [-0.3, -0.25) is 4.79 Å². The van der Waals surface area contributed by atoms with Gasteiger partial charge in [0.05, 0.1) is 22.9 Å².